The van der Waals surface area contributed by atoms with Crippen LogP contribution in [0.3, 0.4) is 0 Å². The Morgan fingerprint density at radius 2 is 1.95 bits per heavy atom. The summed E-state index contributed by atoms with van der Waals surface area (Å²) >= 11 is 0. The van der Waals surface area contributed by atoms with Gasteiger partial charge in [0.05, 0.1) is 11.0 Å². The van der Waals surface area contributed by atoms with Crippen LogP contribution in [0.15, 0.2) is 98.4 Å². The molecule has 1 aliphatic rings. The maximum Gasteiger partial charge on any atom is 0.143 e. The van der Waals surface area contributed by atoms with Gasteiger partial charge in [0.2, 0.25) is 0 Å². The topological polar surface area (TPSA) is 42.7 Å². The van der Waals surface area contributed by atoms with Gasteiger partial charge in [-0.1, -0.05) is 73.3 Å². The number of hydrogen-bond acceptors (Lipinski definition) is 3. The molecule has 4 nitrogen and oxygen atoms in total. The second kappa shape index (κ2) is 10.1. The molecule has 1 atom stereocenters. The molecule has 2 heterocycles. The fourth-order valence-electron chi connectivity index (χ4n) is 5.50. The van der Waals surface area contributed by atoms with E-state index in [0.717, 1.165) is 59.5 Å². The van der Waals surface area contributed by atoms with E-state index in [9.17, 15) is 0 Å². The van der Waals surface area contributed by atoms with E-state index in [4.69, 9.17) is 4.98 Å². The van der Waals surface area contributed by atoms with Gasteiger partial charge in [-0.2, -0.15) is 0 Å². The molecule has 2 aromatic heterocycles. The third-order valence-corrected chi connectivity index (χ3v) is 7.49. The molecule has 0 fully saturated rings. The Kier molecular flexibility index (Phi) is 6.38. The minimum absolute atomic E-state index is 0.0989. The second-order valence-corrected chi connectivity index (χ2v) is 9.99. The van der Waals surface area contributed by atoms with Gasteiger partial charge >= 0.3 is 0 Å². The Morgan fingerprint density at radius 1 is 1.08 bits per heavy atom. The average Bonchev–Trinajstić information content (AvgIpc) is 3.33. The van der Waals surface area contributed by atoms with Gasteiger partial charge in [-0.05, 0) is 65.8 Å². The lowest BCUT2D eigenvalue weighted by Crippen LogP contribution is -2.17. The molecule has 1 unspecified atom stereocenters. The number of nitrogens with zero attached hydrogens (tertiary/aromatic N) is 3. The maximum absolute atomic E-state index is 5.14. The molecule has 6 rings (SSSR count). The minimum atomic E-state index is 0.0989. The molecular formula is C34H32N4. The van der Waals surface area contributed by atoms with E-state index in [1.165, 1.54) is 27.5 Å². The molecule has 0 bridgehead atoms. The third-order valence-electron chi connectivity index (χ3n) is 7.49. The van der Waals surface area contributed by atoms with Crippen molar-refractivity contribution in [1.82, 2.24) is 19.9 Å². The normalized spacial score (nSPS) is 13.4. The van der Waals surface area contributed by atoms with Crippen molar-refractivity contribution in [2.24, 2.45) is 0 Å². The molecular weight excluding hydrogens is 464 g/mol. The summed E-state index contributed by atoms with van der Waals surface area (Å²) in [4.78, 5) is 9.73. The van der Waals surface area contributed by atoms with Gasteiger partial charge in [-0.3, -0.25) is 4.98 Å². The van der Waals surface area contributed by atoms with Crippen molar-refractivity contribution in [3.05, 3.63) is 121 Å². The zero-order chi connectivity index (χ0) is 26.1. The number of rotatable bonds is 8. The van der Waals surface area contributed by atoms with Crippen molar-refractivity contribution >= 4 is 33.6 Å². The molecule has 0 saturated heterocycles. The van der Waals surface area contributed by atoms with Crippen LogP contribution in [-0.2, 0) is 13.0 Å². The molecule has 38 heavy (non-hydrogen) atoms. The van der Waals surface area contributed by atoms with Crippen molar-refractivity contribution in [1.29, 1.82) is 0 Å². The van der Waals surface area contributed by atoms with Crippen molar-refractivity contribution in [2.45, 2.75) is 38.8 Å². The largest absolute Gasteiger partial charge is 0.378 e. The zero-order valence-corrected chi connectivity index (χ0v) is 21.8. The van der Waals surface area contributed by atoms with Crippen LogP contribution in [0.25, 0.3) is 45.0 Å². The lowest BCUT2D eigenvalue weighted by atomic mass is 9.95. The number of imidazole rings is 1. The Morgan fingerprint density at radius 3 is 2.82 bits per heavy atom. The molecule has 1 aliphatic carbocycles. The van der Waals surface area contributed by atoms with Crippen LogP contribution in [0.2, 0.25) is 0 Å². The summed E-state index contributed by atoms with van der Waals surface area (Å²) in [6.07, 6.45) is 13.3. The highest BCUT2D eigenvalue weighted by atomic mass is 15.1. The fourth-order valence-corrected chi connectivity index (χ4v) is 5.50. The van der Waals surface area contributed by atoms with E-state index in [-0.39, 0.29) is 6.04 Å². The van der Waals surface area contributed by atoms with E-state index >= 15 is 0 Å². The predicted molar refractivity (Wildman–Crippen MR) is 160 cm³/mol. The quantitative estimate of drug-likeness (QED) is 0.221. The molecule has 188 valence electrons. The molecule has 3 aromatic carbocycles. The van der Waals surface area contributed by atoms with Gasteiger partial charge in [-0.15, -0.1) is 6.58 Å². The summed E-state index contributed by atoms with van der Waals surface area (Å²) in [6, 6.07) is 21.5. The minimum Gasteiger partial charge on any atom is -0.378 e. The number of allylic oxidation sites excluding steroid dienone is 2. The number of nitrogens with one attached hydrogen (secondary N) is 1. The highest BCUT2D eigenvalue weighted by molar-refractivity contribution is 5.92. The summed E-state index contributed by atoms with van der Waals surface area (Å²) in [5.74, 6) is 0.945. The van der Waals surface area contributed by atoms with Crippen LogP contribution in [0.1, 0.15) is 48.1 Å². The van der Waals surface area contributed by atoms with Gasteiger partial charge in [0.25, 0.3) is 0 Å². The number of benzene rings is 3. The van der Waals surface area contributed by atoms with Crippen molar-refractivity contribution < 1.29 is 0 Å². The van der Waals surface area contributed by atoms with E-state index in [1.807, 2.05) is 18.5 Å². The highest BCUT2D eigenvalue weighted by Crippen LogP contribution is 2.34. The lowest BCUT2D eigenvalue weighted by molar-refractivity contribution is 0.701. The molecule has 4 heteroatoms. The molecule has 0 radical (unpaired) electrons. The zero-order valence-electron chi connectivity index (χ0n) is 21.8. The predicted octanol–water partition coefficient (Wildman–Crippen LogP) is 8.11. The van der Waals surface area contributed by atoms with Crippen LogP contribution in [0.4, 0.5) is 0 Å². The Balaban J connectivity index is 1.41. The smallest absolute Gasteiger partial charge is 0.143 e. The number of fused-ring (bicyclic) bond motifs is 3. The van der Waals surface area contributed by atoms with Crippen LogP contribution >= 0.6 is 0 Å². The number of pyridine rings is 1. The van der Waals surface area contributed by atoms with Crippen LogP contribution < -0.4 is 5.32 Å². The summed E-state index contributed by atoms with van der Waals surface area (Å²) in [6.45, 7) is 11.4. The molecule has 1 N–H and O–H groups in total. The standard InChI is InChI=1S/C34H32N4/c1-4-5-19-38-33-29(24(3)36-23(2)26-18-17-25-11-6-7-12-27(25)20-26)15-10-16-32(33)37-34(38)31-22-35-21-28-13-8-9-14-30(28)31/h4,6-7,9-12,14-18,20-23,36H,1,3,5,8,13,19H2,2H3. The number of para-hydroxylation sites is 1. The number of hydrogen-bond donors (Lipinski definition) is 1. The molecule has 5 aromatic rings. The van der Waals surface area contributed by atoms with E-state index in [1.54, 1.807) is 0 Å². The fraction of sp³-hybridized carbons (Fsp3) is 0.176. The van der Waals surface area contributed by atoms with Gasteiger partial charge in [0.1, 0.15) is 5.82 Å². The average molecular weight is 497 g/mol. The first-order valence-corrected chi connectivity index (χ1v) is 13.3. The van der Waals surface area contributed by atoms with Gasteiger partial charge < -0.3 is 9.88 Å². The summed E-state index contributed by atoms with van der Waals surface area (Å²) < 4.78 is 2.32. The van der Waals surface area contributed by atoms with Crippen molar-refractivity contribution in [2.75, 3.05) is 0 Å². The summed E-state index contributed by atoms with van der Waals surface area (Å²) in [5.41, 5.74) is 8.80. The molecule has 0 aliphatic heterocycles. The Hall–Kier alpha value is -4.44. The third kappa shape index (κ3) is 4.32. The van der Waals surface area contributed by atoms with Crippen molar-refractivity contribution in [3.63, 3.8) is 0 Å². The first kappa shape index (κ1) is 23.9. The number of aromatic nitrogens is 3. The molecule has 0 spiro atoms. The number of aryl methyl sites for hydroxylation is 2. The first-order chi connectivity index (χ1) is 18.6. The van der Waals surface area contributed by atoms with E-state index < -0.39 is 0 Å². The van der Waals surface area contributed by atoms with Gasteiger partial charge in [0.15, 0.2) is 0 Å². The SMILES string of the molecule is C=CCCn1c(-c2cncc3c2C=CCC3)nc2cccc(C(=C)NC(C)c3ccc4ccccc4c3)c21. The van der Waals surface area contributed by atoms with Crippen LogP contribution in [0.5, 0.6) is 0 Å². The first-order valence-electron chi connectivity index (χ1n) is 13.3. The lowest BCUT2D eigenvalue weighted by Gasteiger charge is -2.20. The molecule has 0 amide bonds. The highest BCUT2D eigenvalue weighted by Gasteiger charge is 2.21. The van der Waals surface area contributed by atoms with Gasteiger partial charge in [-0.25, -0.2) is 4.98 Å². The Bertz CT molecular complexity index is 1710. The van der Waals surface area contributed by atoms with Gasteiger partial charge in [0, 0.05) is 41.8 Å². The monoisotopic (exact) mass is 496 g/mol. The second-order valence-electron chi connectivity index (χ2n) is 9.99. The summed E-state index contributed by atoms with van der Waals surface area (Å²) in [5, 5.41) is 6.16. The molecule has 0 saturated carbocycles. The maximum atomic E-state index is 5.14. The van der Waals surface area contributed by atoms with E-state index in [2.05, 4.69) is 108 Å². The van der Waals surface area contributed by atoms with Crippen LogP contribution in [-0.4, -0.2) is 14.5 Å². The van der Waals surface area contributed by atoms with Crippen molar-refractivity contribution in [3.8, 4) is 11.4 Å². The van der Waals surface area contributed by atoms with Crippen LogP contribution in [0, 0.1) is 0 Å². The summed E-state index contributed by atoms with van der Waals surface area (Å²) in [7, 11) is 0. The Labute approximate surface area is 224 Å². The van der Waals surface area contributed by atoms with E-state index in [0.29, 0.717) is 0 Å².